The Morgan fingerprint density at radius 1 is 0.127 bits per heavy atom. The zero-order valence-corrected chi connectivity index (χ0v) is 88.7. The van der Waals surface area contributed by atoms with E-state index in [2.05, 4.69) is 291 Å². The Labute approximate surface area is 781 Å². The van der Waals surface area contributed by atoms with Gasteiger partial charge in [0.1, 0.15) is 0 Å². The predicted molar refractivity (Wildman–Crippen MR) is 587 cm³/mol. The van der Waals surface area contributed by atoms with Gasteiger partial charge >= 0.3 is 0 Å². The minimum Gasteiger partial charge on any atom is -0.0683 e. The molecule has 0 heteroatoms. The summed E-state index contributed by atoms with van der Waals surface area (Å²) < 4.78 is 0. The minimum absolute atomic E-state index is 0.180. The van der Waals surface area contributed by atoms with Crippen LogP contribution in [0.4, 0.5) is 0 Å². The van der Waals surface area contributed by atoms with E-state index in [1.54, 1.807) is 11.1 Å². The van der Waals surface area contributed by atoms with Gasteiger partial charge in [0.2, 0.25) is 0 Å². The highest BCUT2D eigenvalue weighted by atomic mass is 14.5. The fraction of sp³-hybridized carbons (Fsp3) is 0.381. The maximum Gasteiger partial charge on any atom is 0.0725 e. The lowest BCUT2D eigenvalue weighted by atomic mass is 9.70. The maximum atomic E-state index is 2.43. The molecule has 0 bridgehead atoms. The fourth-order valence-corrected chi connectivity index (χ4v) is 15.6. The molecule has 0 N–H and O–H groups in total. The van der Waals surface area contributed by atoms with E-state index < -0.39 is 0 Å². The Morgan fingerprint density at radius 2 is 0.317 bits per heavy atom. The quantitative estimate of drug-likeness (QED) is 0.154. The standard InChI is InChI=1S/C25H16.2C20H14.C19H14.21C2H6/c1-5-13-21-17(9-1)18-10-2-6-14-22(18)25(21)23-15-7-3-11-19(23)20-12-4-8-16-24(20)25;1-3-7-17-13(5-1)9-15-11-20-16(12-19(15)17)10-14-6-2-4-8-18(14)20;1-3-7-15-13(5-1)11-19-17(15)9-10-18-16-8-4-2-6-14(16)12-20(18)19;1-2-6-14(7-3-1)15-10-11-17-12-16-8-4-5-9-18(16)19(17)13-15;21*1-2/h1-16H;1-8,11-12H,9-10H2;1-10H,11-12H2;1-11,13H,12H2;21*1-2H3. The zero-order valence-electron chi connectivity index (χ0n) is 88.7. The molecule has 0 nitrogen and oxygen atoms in total. The first kappa shape index (κ1) is 124. The third-order valence-electron chi connectivity index (χ3n) is 19.3. The summed E-state index contributed by atoms with van der Waals surface area (Å²) in [6, 6.07) is 107. The summed E-state index contributed by atoms with van der Waals surface area (Å²) in [6.07, 6.45) is 5.44. The molecular formula is C126H184. The van der Waals surface area contributed by atoms with Crippen LogP contribution < -0.4 is 0 Å². The van der Waals surface area contributed by atoms with Crippen molar-refractivity contribution in [1.82, 2.24) is 0 Å². The van der Waals surface area contributed by atoms with Gasteiger partial charge in [-0.15, -0.1) is 0 Å². The number of rotatable bonds is 1. The average Bonchev–Trinajstić information content (AvgIpc) is 1.51. The maximum absolute atomic E-state index is 2.43. The average molecular weight is 1700 g/mol. The van der Waals surface area contributed by atoms with E-state index in [-0.39, 0.29) is 5.41 Å². The summed E-state index contributed by atoms with van der Waals surface area (Å²) in [6.45, 7) is 84.0. The summed E-state index contributed by atoms with van der Waals surface area (Å²) in [5, 5.41) is 0. The van der Waals surface area contributed by atoms with E-state index in [1.807, 2.05) is 291 Å². The van der Waals surface area contributed by atoms with Crippen LogP contribution in [0.15, 0.2) is 291 Å². The Bertz CT molecular complexity index is 4460. The van der Waals surface area contributed by atoms with E-state index in [0.717, 1.165) is 32.1 Å². The van der Waals surface area contributed by atoms with Crippen molar-refractivity contribution in [3.05, 3.63) is 369 Å². The highest BCUT2D eigenvalue weighted by Crippen LogP contribution is 2.62. The van der Waals surface area contributed by atoms with E-state index in [0.29, 0.717) is 0 Å². The van der Waals surface area contributed by atoms with Crippen molar-refractivity contribution in [1.29, 1.82) is 0 Å². The molecule has 1 spiro atoms. The van der Waals surface area contributed by atoms with Gasteiger partial charge in [0.25, 0.3) is 0 Å². The molecule has 7 aliphatic carbocycles. The molecule has 7 aliphatic rings. The SMILES string of the molecule is CC.CC.CC.CC.CC.CC.CC.CC.CC.CC.CC.CC.CC.CC.CC.CC.CC.CC.CC.CC.CC.c1ccc(-c2ccc3c(c2)-c2ccccc2C3)cc1.c1ccc2c(c1)-c1ccccc1C21c2ccccc2-c2ccccc21.c1ccc2c(c1)Cc1c-2ccc2c1Cc1ccccc1-2.c1ccc2c(c1)Cc1cc3c(cc1-2)Cc1ccccc1-3. The largest absolute Gasteiger partial charge is 0.0725 e. The Balaban J connectivity index is -0.000000454. The van der Waals surface area contributed by atoms with Crippen molar-refractivity contribution in [2.24, 2.45) is 0 Å². The molecule has 0 heterocycles. The van der Waals surface area contributed by atoms with Crippen molar-refractivity contribution >= 4 is 0 Å². The third kappa shape index (κ3) is 30.3. The van der Waals surface area contributed by atoms with E-state index in [9.17, 15) is 0 Å². The summed E-state index contributed by atoms with van der Waals surface area (Å²) in [5.41, 5.74) is 42.7. The van der Waals surface area contributed by atoms with Gasteiger partial charge in [0.15, 0.2) is 0 Å². The fourth-order valence-electron chi connectivity index (χ4n) is 15.6. The topological polar surface area (TPSA) is 0 Å². The Kier molecular flexibility index (Phi) is 76.2. The second-order valence-corrected chi connectivity index (χ2v) is 23.6. The van der Waals surface area contributed by atoms with Crippen LogP contribution in [0, 0.1) is 0 Å². The molecule has 20 rings (SSSR count). The van der Waals surface area contributed by atoms with Crippen LogP contribution in [0.5, 0.6) is 0 Å². The number of benzene rings is 13. The van der Waals surface area contributed by atoms with Gasteiger partial charge in [-0.2, -0.15) is 0 Å². The third-order valence-corrected chi connectivity index (χ3v) is 19.3. The molecule has 688 valence electrons. The van der Waals surface area contributed by atoms with Crippen molar-refractivity contribution in [2.45, 2.75) is 328 Å². The van der Waals surface area contributed by atoms with Crippen LogP contribution in [-0.4, -0.2) is 0 Å². The molecular weight excluding hydrogens is 1510 g/mol. The van der Waals surface area contributed by atoms with Gasteiger partial charge < -0.3 is 0 Å². The monoisotopic (exact) mass is 1700 g/mol. The molecule has 0 radical (unpaired) electrons. The lowest BCUT2D eigenvalue weighted by Crippen LogP contribution is -2.25. The lowest BCUT2D eigenvalue weighted by molar-refractivity contribution is 0.794. The summed E-state index contributed by atoms with van der Waals surface area (Å²) in [7, 11) is 0. The van der Waals surface area contributed by atoms with Crippen LogP contribution in [-0.2, 0) is 37.5 Å². The lowest BCUT2D eigenvalue weighted by Gasteiger charge is -2.30. The molecule has 126 heavy (non-hydrogen) atoms. The molecule has 0 saturated carbocycles. The van der Waals surface area contributed by atoms with Gasteiger partial charge in [0.05, 0.1) is 5.41 Å². The first-order valence-electron chi connectivity index (χ1n) is 50.9. The van der Waals surface area contributed by atoms with Gasteiger partial charge in [-0.1, -0.05) is 564 Å². The normalized spacial score (nSPS) is 10.0. The van der Waals surface area contributed by atoms with Crippen molar-refractivity contribution < 1.29 is 0 Å². The predicted octanol–water partition coefficient (Wildman–Crippen LogP) is 42.2. The highest BCUT2D eigenvalue weighted by Gasteiger charge is 2.51. The molecule has 0 unspecified atom stereocenters. The zero-order chi connectivity index (χ0) is 97.3. The van der Waals surface area contributed by atoms with Crippen molar-refractivity contribution in [2.75, 3.05) is 0 Å². The van der Waals surface area contributed by atoms with Gasteiger partial charge in [-0.3, -0.25) is 0 Å². The summed E-state index contributed by atoms with van der Waals surface area (Å²) in [5.74, 6) is 0. The molecule has 0 aromatic heterocycles. The minimum atomic E-state index is -0.180. The van der Waals surface area contributed by atoms with E-state index in [4.69, 9.17) is 0 Å². The molecule has 13 aromatic carbocycles. The van der Waals surface area contributed by atoms with Crippen LogP contribution in [0.25, 0.3) is 89.0 Å². The molecule has 0 saturated heterocycles. The number of hydrogen-bond donors (Lipinski definition) is 0. The highest BCUT2D eigenvalue weighted by molar-refractivity contribution is 5.95. The van der Waals surface area contributed by atoms with Gasteiger partial charge in [-0.25, -0.2) is 0 Å². The Hall–Kier alpha value is -10.1. The molecule has 0 amide bonds. The molecule has 0 fully saturated rings. The van der Waals surface area contributed by atoms with E-state index >= 15 is 0 Å². The number of hydrogen-bond acceptors (Lipinski definition) is 0. The van der Waals surface area contributed by atoms with Gasteiger partial charge in [0, 0.05) is 0 Å². The second kappa shape index (κ2) is 77.2. The van der Waals surface area contributed by atoms with Crippen molar-refractivity contribution in [3.63, 3.8) is 0 Å². The Morgan fingerprint density at radius 3 is 0.579 bits per heavy atom. The van der Waals surface area contributed by atoms with E-state index in [1.165, 1.54) is 156 Å². The van der Waals surface area contributed by atoms with Gasteiger partial charge in [-0.05, 0) is 217 Å². The second-order valence-electron chi connectivity index (χ2n) is 23.6. The molecule has 0 aliphatic heterocycles. The molecule has 13 aromatic rings. The first-order valence-corrected chi connectivity index (χ1v) is 50.9. The summed E-state index contributed by atoms with van der Waals surface area (Å²) >= 11 is 0. The smallest absolute Gasteiger partial charge is 0.0683 e. The number of fused-ring (bicyclic) bond motifs is 26. The first-order chi connectivity index (χ1) is 62.7. The summed E-state index contributed by atoms with van der Waals surface area (Å²) in [4.78, 5) is 0. The van der Waals surface area contributed by atoms with Crippen LogP contribution in [0.3, 0.4) is 0 Å². The van der Waals surface area contributed by atoms with Crippen LogP contribution >= 0.6 is 0 Å². The molecule has 0 atom stereocenters. The van der Waals surface area contributed by atoms with Crippen molar-refractivity contribution in [3.8, 4) is 89.0 Å². The van der Waals surface area contributed by atoms with Crippen LogP contribution in [0.1, 0.15) is 369 Å². The van der Waals surface area contributed by atoms with Crippen LogP contribution in [0.2, 0.25) is 0 Å².